The first-order valence-corrected chi connectivity index (χ1v) is 13.9. The summed E-state index contributed by atoms with van der Waals surface area (Å²) in [6.07, 6.45) is 2.84. The molecule has 14 heteroatoms. The Balaban J connectivity index is 1.30. The monoisotopic (exact) mass is 596 g/mol. The molecule has 0 aliphatic carbocycles. The van der Waals surface area contributed by atoms with Crippen LogP contribution in [0.15, 0.2) is 53.6 Å². The van der Waals surface area contributed by atoms with E-state index in [4.69, 9.17) is 27.9 Å². The molecule has 204 valence electrons. The second-order valence-electron chi connectivity index (χ2n) is 9.11. The van der Waals surface area contributed by atoms with Crippen molar-refractivity contribution in [3.05, 3.63) is 85.7 Å². The Bertz CT molecular complexity index is 1760. The zero-order valence-electron chi connectivity index (χ0n) is 21.1. The molecule has 0 bridgehead atoms. The number of nitrogens with one attached hydrogen (secondary N) is 2. The zero-order valence-corrected chi connectivity index (χ0v) is 23.4. The van der Waals surface area contributed by atoms with Crippen molar-refractivity contribution in [3.63, 3.8) is 0 Å². The fourth-order valence-corrected chi connectivity index (χ4v) is 6.25. The number of thiophene rings is 1. The molecular formula is C26H22Cl2N8O3S. The Kier molecular flexibility index (Phi) is 7.24. The number of rotatable bonds is 8. The minimum absolute atomic E-state index is 0.169. The Morgan fingerprint density at radius 3 is 2.90 bits per heavy atom. The summed E-state index contributed by atoms with van der Waals surface area (Å²) in [6, 6.07) is 12.2. The van der Waals surface area contributed by atoms with Crippen LogP contribution in [0.4, 0.5) is 0 Å². The molecule has 1 aliphatic heterocycles. The highest BCUT2D eigenvalue weighted by Crippen LogP contribution is 2.37. The summed E-state index contributed by atoms with van der Waals surface area (Å²) in [5.74, 6) is 0.407. The van der Waals surface area contributed by atoms with Gasteiger partial charge in [0.2, 0.25) is 0 Å². The molecule has 6 rings (SSSR count). The number of imidazole rings is 1. The van der Waals surface area contributed by atoms with Crippen molar-refractivity contribution in [2.24, 2.45) is 0 Å². The first-order chi connectivity index (χ1) is 19.4. The van der Waals surface area contributed by atoms with Crippen molar-refractivity contribution in [1.29, 1.82) is 0 Å². The predicted molar refractivity (Wildman–Crippen MR) is 151 cm³/mol. The second kappa shape index (κ2) is 11.0. The number of hydrogen-bond donors (Lipinski definition) is 2. The molecular weight excluding hydrogens is 575 g/mol. The van der Waals surface area contributed by atoms with Crippen LogP contribution in [0, 0.1) is 0 Å². The van der Waals surface area contributed by atoms with Crippen LogP contribution < -0.4 is 10.9 Å². The molecule has 0 saturated carbocycles. The van der Waals surface area contributed by atoms with Crippen molar-refractivity contribution < 1.29 is 9.53 Å². The number of carbonyl (C=O) groups excluding carboxylic acids is 1. The summed E-state index contributed by atoms with van der Waals surface area (Å²) in [7, 11) is 1.58. The number of nitrogens with zero attached hydrogens (tertiary/aromatic N) is 6. The van der Waals surface area contributed by atoms with Gasteiger partial charge in [0, 0.05) is 36.0 Å². The number of fused-ring (bicyclic) bond motifs is 1. The molecule has 0 unspecified atom stereocenters. The van der Waals surface area contributed by atoms with E-state index in [2.05, 4.69) is 30.8 Å². The molecule has 1 amide bonds. The molecule has 5 heterocycles. The topological polar surface area (TPSA) is 133 Å². The average Bonchev–Trinajstić information content (AvgIpc) is 3.75. The highest BCUT2D eigenvalue weighted by molar-refractivity contribution is 7.17. The van der Waals surface area contributed by atoms with E-state index in [0.29, 0.717) is 53.1 Å². The van der Waals surface area contributed by atoms with E-state index >= 15 is 0 Å². The van der Waals surface area contributed by atoms with Gasteiger partial charge in [0.1, 0.15) is 12.2 Å². The molecule has 1 aliphatic rings. The third-order valence-electron chi connectivity index (χ3n) is 6.66. The van der Waals surface area contributed by atoms with Gasteiger partial charge >= 0.3 is 0 Å². The van der Waals surface area contributed by atoms with Crippen LogP contribution in [0.25, 0.3) is 27.4 Å². The molecule has 1 aromatic carbocycles. The maximum Gasteiger partial charge on any atom is 0.261 e. The number of halogens is 2. The van der Waals surface area contributed by atoms with E-state index in [1.165, 1.54) is 22.3 Å². The predicted octanol–water partition coefficient (Wildman–Crippen LogP) is 4.16. The van der Waals surface area contributed by atoms with Crippen molar-refractivity contribution in [3.8, 4) is 27.4 Å². The third-order valence-corrected chi connectivity index (χ3v) is 8.27. The van der Waals surface area contributed by atoms with Crippen molar-refractivity contribution in [2.75, 3.05) is 20.3 Å². The molecule has 0 spiro atoms. The van der Waals surface area contributed by atoms with Crippen LogP contribution in [0.3, 0.4) is 0 Å². The molecule has 2 N–H and O–H groups in total. The van der Waals surface area contributed by atoms with Gasteiger partial charge < -0.3 is 19.6 Å². The Morgan fingerprint density at radius 2 is 2.10 bits per heavy atom. The number of carbonyl (C=O) groups is 1. The highest BCUT2D eigenvalue weighted by atomic mass is 35.5. The van der Waals surface area contributed by atoms with Gasteiger partial charge in [-0.15, -0.1) is 16.4 Å². The van der Waals surface area contributed by atoms with Crippen molar-refractivity contribution in [2.45, 2.75) is 18.9 Å². The van der Waals surface area contributed by atoms with E-state index in [0.717, 1.165) is 21.7 Å². The Morgan fingerprint density at radius 1 is 1.23 bits per heavy atom. The largest absolute Gasteiger partial charge is 0.383 e. The van der Waals surface area contributed by atoms with Crippen molar-refractivity contribution in [1.82, 2.24) is 40.1 Å². The fourth-order valence-electron chi connectivity index (χ4n) is 4.86. The van der Waals surface area contributed by atoms with Gasteiger partial charge in [-0.05, 0) is 65.2 Å². The molecule has 1 atom stereocenters. The third kappa shape index (κ3) is 4.94. The average molecular weight is 597 g/mol. The number of aromatic amines is 1. The lowest BCUT2D eigenvalue weighted by Gasteiger charge is -2.15. The van der Waals surface area contributed by atoms with Crippen LogP contribution in [-0.4, -0.2) is 60.9 Å². The number of hydrogen-bond acceptors (Lipinski definition) is 8. The second-order valence-corrected chi connectivity index (χ2v) is 11.0. The lowest BCUT2D eigenvalue weighted by Crippen LogP contribution is -2.26. The number of H-pyrrole nitrogens is 1. The minimum Gasteiger partial charge on any atom is -0.383 e. The van der Waals surface area contributed by atoms with Crippen LogP contribution in [-0.2, 0) is 11.2 Å². The van der Waals surface area contributed by atoms with Gasteiger partial charge in [0.25, 0.3) is 11.5 Å². The van der Waals surface area contributed by atoms with Gasteiger partial charge in [0.05, 0.1) is 33.8 Å². The standard InChI is InChI=1S/C26H22Cl2N8O3S/c1-39-9-8-29-26(38)21-7-6-20(40-21)23-24(28)32-25(31-23)19-5-3-16-10-14(11-22(37)36(16)19)17-12-15(27)2-4-18(17)35-13-30-33-34-35/h2,4,6-7,10-13,19H,3,5,8-9H2,1H3,(H,29,38)(H,31,32)/t19-/m0/s1. The SMILES string of the molecule is COCCNC(=O)c1ccc(-c2[nH]c([C@@H]3CCc4cc(-c5cc(Cl)ccc5-n5cnnn5)cc(=O)n43)nc2Cl)s1. The number of amides is 1. The van der Waals surface area contributed by atoms with Crippen LogP contribution in [0.5, 0.6) is 0 Å². The van der Waals surface area contributed by atoms with E-state index in [-0.39, 0.29) is 22.7 Å². The molecule has 0 fully saturated rings. The number of pyridine rings is 1. The Hall–Kier alpha value is -3.84. The maximum atomic E-state index is 13.5. The highest BCUT2D eigenvalue weighted by Gasteiger charge is 2.29. The summed E-state index contributed by atoms with van der Waals surface area (Å²) in [6.45, 7) is 0.856. The summed E-state index contributed by atoms with van der Waals surface area (Å²) >= 11 is 14.1. The summed E-state index contributed by atoms with van der Waals surface area (Å²) in [4.78, 5) is 35.1. The minimum atomic E-state index is -0.307. The Labute approximate surface area is 241 Å². The summed E-state index contributed by atoms with van der Waals surface area (Å²) < 4.78 is 8.25. The molecule has 40 heavy (non-hydrogen) atoms. The van der Waals surface area contributed by atoms with Gasteiger partial charge in [-0.25, -0.2) is 4.98 Å². The van der Waals surface area contributed by atoms with Gasteiger partial charge in [-0.2, -0.15) is 4.68 Å². The van der Waals surface area contributed by atoms with Crippen LogP contribution >= 0.6 is 34.5 Å². The van der Waals surface area contributed by atoms with Crippen LogP contribution in [0.2, 0.25) is 10.2 Å². The van der Waals surface area contributed by atoms with E-state index in [9.17, 15) is 9.59 Å². The maximum absolute atomic E-state index is 13.5. The summed E-state index contributed by atoms with van der Waals surface area (Å²) in [5, 5.41) is 15.1. The lowest BCUT2D eigenvalue weighted by molar-refractivity contribution is 0.0941. The molecule has 0 saturated heterocycles. The normalized spacial score (nSPS) is 14.4. The zero-order chi connectivity index (χ0) is 27.8. The van der Waals surface area contributed by atoms with E-state index < -0.39 is 0 Å². The summed E-state index contributed by atoms with van der Waals surface area (Å²) in [5.41, 5.74) is 3.48. The number of ether oxygens (including phenoxy) is 1. The molecule has 0 radical (unpaired) electrons. The number of methoxy groups -OCH3 is 1. The molecule has 4 aromatic heterocycles. The van der Waals surface area contributed by atoms with E-state index in [1.54, 1.807) is 35.9 Å². The number of benzene rings is 1. The van der Waals surface area contributed by atoms with Gasteiger partial charge in [0.15, 0.2) is 5.15 Å². The molecule has 5 aromatic rings. The first-order valence-electron chi connectivity index (χ1n) is 12.3. The number of aromatic nitrogens is 7. The van der Waals surface area contributed by atoms with E-state index in [1.807, 2.05) is 18.2 Å². The number of aryl methyl sites for hydroxylation is 1. The van der Waals surface area contributed by atoms with Crippen molar-refractivity contribution >= 4 is 40.4 Å². The first kappa shape index (κ1) is 26.4. The van der Waals surface area contributed by atoms with Crippen LogP contribution in [0.1, 0.15) is 33.7 Å². The lowest BCUT2D eigenvalue weighted by atomic mass is 10.0. The fraction of sp³-hybridized carbons (Fsp3) is 0.231. The van der Waals surface area contributed by atoms with Gasteiger partial charge in [-0.3, -0.25) is 9.59 Å². The number of tetrazole rings is 1. The van der Waals surface area contributed by atoms with Gasteiger partial charge in [-0.1, -0.05) is 23.2 Å². The molecule has 11 nitrogen and oxygen atoms in total. The quantitative estimate of drug-likeness (QED) is 0.257. The smallest absolute Gasteiger partial charge is 0.261 e.